The van der Waals surface area contributed by atoms with Gasteiger partial charge in [-0.25, -0.2) is 23.1 Å². The molecule has 0 atom stereocenters. The number of rotatable bonds is 3. The number of hydrogen-bond donors (Lipinski definition) is 1. The monoisotopic (exact) mass is 414 g/mol. The Bertz CT molecular complexity index is 1020. The van der Waals surface area contributed by atoms with Crippen LogP contribution in [0.5, 0.6) is 0 Å². The summed E-state index contributed by atoms with van der Waals surface area (Å²) in [7, 11) is -4.05. The number of alkyl halides is 3. The van der Waals surface area contributed by atoms with Crippen molar-refractivity contribution in [3.8, 4) is 0 Å². The van der Waals surface area contributed by atoms with Gasteiger partial charge < -0.3 is 4.90 Å². The lowest BCUT2D eigenvalue weighted by atomic mass is 10.00. The summed E-state index contributed by atoms with van der Waals surface area (Å²) in [5.41, 5.74) is 2.22. The first-order valence-corrected chi connectivity index (χ1v) is 9.77. The molecule has 0 saturated carbocycles. The average Bonchev–Trinajstić information content (AvgIpc) is 2.58. The van der Waals surface area contributed by atoms with Crippen LogP contribution in [0.1, 0.15) is 22.5 Å². The van der Waals surface area contributed by atoms with Crippen molar-refractivity contribution in [2.24, 2.45) is 0 Å². The lowest BCUT2D eigenvalue weighted by molar-refractivity contribution is -0.186. The van der Waals surface area contributed by atoms with Crippen LogP contribution in [-0.4, -0.2) is 41.9 Å². The number of aromatic nitrogens is 2. The van der Waals surface area contributed by atoms with Crippen LogP contribution in [0.15, 0.2) is 29.2 Å². The number of hydrogen-bond acceptors (Lipinski definition) is 5. The molecule has 1 aromatic heterocycles. The molecule has 1 aromatic carbocycles. The minimum atomic E-state index is -4.97. The quantitative estimate of drug-likeness (QED) is 0.832. The van der Waals surface area contributed by atoms with Gasteiger partial charge in [0, 0.05) is 24.5 Å². The van der Waals surface area contributed by atoms with Gasteiger partial charge in [-0.05, 0) is 49.6 Å². The van der Waals surface area contributed by atoms with Crippen molar-refractivity contribution < 1.29 is 26.4 Å². The molecule has 28 heavy (non-hydrogen) atoms. The fraction of sp³-hybridized carbons (Fsp3) is 0.353. The number of benzene rings is 1. The smallest absolute Gasteiger partial charge is 0.330 e. The van der Waals surface area contributed by atoms with E-state index in [4.69, 9.17) is 0 Å². The molecule has 1 N–H and O–H groups in total. The number of nitrogens with one attached hydrogen (secondary N) is 1. The predicted molar refractivity (Wildman–Crippen MR) is 93.9 cm³/mol. The number of carbonyl (C=O) groups excluding carboxylic acids is 1. The third-order valence-electron chi connectivity index (χ3n) is 4.24. The molecule has 1 aliphatic heterocycles. The minimum absolute atomic E-state index is 0.0773. The maximum absolute atomic E-state index is 12.7. The lowest BCUT2D eigenvalue weighted by Crippen LogP contribution is -2.43. The average molecular weight is 414 g/mol. The molecule has 2 aromatic rings. The SMILES string of the molecule is Cc1cc(C)nc(NS(=O)(=O)c2ccc3c(c2)CN(C(=O)C(F)(F)F)CC3)n1. The van der Waals surface area contributed by atoms with Crippen LogP contribution in [0.25, 0.3) is 0 Å². The van der Waals surface area contributed by atoms with Crippen molar-refractivity contribution in [1.82, 2.24) is 14.9 Å². The first-order chi connectivity index (χ1) is 13.0. The first kappa shape index (κ1) is 20.1. The summed E-state index contributed by atoms with van der Waals surface area (Å²) in [6.45, 7) is 3.00. The number of nitrogens with zero attached hydrogens (tertiary/aromatic N) is 3. The van der Waals surface area contributed by atoms with Crippen molar-refractivity contribution in [1.29, 1.82) is 0 Å². The molecule has 3 rings (SSSR count). The van der Waals surface area contributed by atoms with Crippen molar-refractivity contribution in [3.63, 3.8) is 0 Å². The number of amides is 1. The normalized spacial score (nSPS) is 14.5. The Morgan fingerprint density at radius 2 is 1.75 bits per heavy atom. The minimum Gasteiger partial charge on any atom is -0.330 e. The molecular formula is C17H17F3N4O3S. The number of carbonyl (C=O) groups is 1. The lowest BCUT2D eigenvalue weighted by Gasteiger charge is -2.29. The van der Waals surface area contributed by atoms with E-state index in [2.05, 4.69) is 14.7 Å². The second-order valence-electron chi connectivity index (χ2n) is 6.48. The zero-order valence-electron chi connectivity index (χ0n) is 15.0. The van der Waals surface area contributed by atoms with Gasteiger partial charge in [0.15, 0.2) is 0 Å². The van der Waals surface area contributed by atoms with Crippen molar-refractivity contribution >= 4 is 21.9 Å². The van der Waals surface area contributed by atoms with Gasteiger partial charge in [-0.1, -0.05) is 6.07 Å². The fourth-order valence-electron chi connectivity index (χ4n) is 3.00. The van der Waals surface area contributed by atoms with E-state index >= 15 is 0 Å². The molecule has 0 bridgehead atoms. The van der Waals surface area contributed by atoms with Crippen LogP contribution in [0.4, 0.5) is 19.1 Å². The van der Waals surface area contributed by atoms with Crippen LogP contribution >= 0.6 is 0 Å². The third kappa shape index (κ3) is 4.24. The van der Waals surface area contributed by atoms with E-state index in [1.165, 1.54) is 12.1 Å². The van der Waals surface area contributed by atoms with Crippen LogP contribution in [0.2, 0.25) is 0 Å². The highest BCUT2D eigenvalue weighted by Gasteiger charge is 2.43. The third-order valence-corrected chi connectivity index (χ3v) is 5.56. The Balaban J connectivity index is 1.87. The van der Waals surface area contributed by atoms with E-state index < -0.39 is 22.1 Å². The van der Waals surface area contributed by atoms with Gasteiger partial charge in [0.1, 0.15) is 0 Å². The molecule has 0 unspecified atom stereocenters. The number of halogens is 3. The number of aryl methyl sites for hydroxylation is 2. The van der Waals surface area contributed by atoms with Gasteiger partial charge in [-0.15, -0.1) is 0 Å². The molecule has 0 radical (unpaired) electrons. The molecule has 1 amide bonds. The van der Waals surface area contributed by atoms with Crippen molar-refractivity contribution in [2.75, 3.05) is 11.3 Å². The molecule has 0 fully saturated rings. The van der Waals surface area contributed by atoms with Crippen LogP contribution < -0.4 is 4.72 Å². The first-order valence-electron chi connectivity index (χ1n) is 8.29. The van der Waals surface area contributed by atoms with Gasteiger partial charge in [0.05, 0.1) is 4.90 Å². The fourth-order valence-corrected chi connectivity index (χ4v) is 4.00. The Hall–Kier alpha value is -2.69. The van der Waals surface area contributed by atoms with E-state index in [-0.39, 0.29) is 30.4 Å². The summed E-state index contributed by atoms with van der Waals surface area (Å²) in [5, 5.41) is 0. The summed E-state index contributed by atoms with van der Waals surface area (Å²) >= 11 is 0. The van der Waals surface area contributed by atoms with E-state index in [0.29, 0.717) is 27.4 Å². The summed E-state index contributed by atoms with van der Waals surface area (Å²) in [6, 6.07) is 5.87. The molecule has 0 saturated heterocycles. The highest BCUT2D eigenvalue weighted by molar-refractivity contribution is 7.92. The summed E-state index contributed by atoms with van der Waals surface area (Å²) < 4.78 is 65.6. The number of anilines is 1. The Morgan fingerprint density at radius 3 is 2.36 bits per heavy atom. The molecule has 11 heteroatoms. The van der Waals surface area contributed by atoms with Crippen LogP contribution in [0.3, 0.4) is 0 Å². The second-order valence-corrected chi connectivity index (χ2v) is 8.17. The molecule has 1 aliphatic rings. The van der Waals surface area contributed by atoms with Crippen LogP contribution in [0, 0.1) is 13.8 Å². The molecule has 150 valence electrons. The summed E-state index contributed by atoms with van der Waals surface area (Å²) in [4.78, 5) is 20.0. The largest absolute Gasteiger partial charge is 0.471 e. The second kappa shape index (κ2) is 7.04. The van der Waals surface area contributed by atoms with Gasteiger partial charge in [0.25, 0.3) is 10.0 Å². The summed E-state index contributed by atoms with van der Waals surface area (Å²) in [6.07, 6.45) is -4.76. The maximum atomic E-state index is 12.7. The topological polar surface area (TPSA) is 92.3 Å². The van der Waals surface area contributed by atoms with Crippen molar-refractivity contribution in [3.05, 3.63) is 46.8 Å². The Labute approximate surface area is 159 Å². The predicted octanol–water partition coefficient (Wildman–Crippen LogP) is 2.34. The van der Waals surface area contributed by atoms with Gasteiger partial charge in [-0.2, -0.15) is 13.2 Å². The van der Waals surface area contributed by atoms with E-state index in [1.54, 1.807) is 26.0 Å². The number of fused-ring (bicyclic) bond motifs is 1. The Kier molecular flexibility index (Phi) is 5.04. The molecule has 0 aliphatic carbocycles. The molecular weight excluding hydrogens is 397 g/mol. The summed E-state index contributed by atoms with van der Waals surface area (Å²) in [5.74, 6) is -2.03. The zero-order chi connectivity index (χ0) is 20.7. The van der Waals surface area contributed by atoms with Gasteiger partial charge in [-0.3, -0.25) is 4.79 Å². The number of sulfonamides is 1. The van der Waals surface area contributed by atoms with Crippen molar-refractivity contribution in [2.45, 2.75) is 37.9 Å². The van der Waals surface area contributed by atoms with E-state index in [9.17, 15) is 26.4 Å². The molecule has 7 nitrogen and oxygen atoms in total. The zero-order valence-corrected chi connectivity index (χ0v) is 15.9. The van der Waals surface area contributed by atoms with Crippen LogP contribution in [-0.2, 0) is 27.8 Å². The standard InChI is InChI=1S/C17H17F3N4O3S/c1-10-7-11(2)22-16(21-10)23-28(26,27)14-4-3-12-5-6-24(9-13(12)8-14)15(25)17(18,19)20/h3-4,7-8H,5-6,9H2,1-2H3,(H,21,22,23). The molecule has 2 heterocycles. The maximum Gasteiger partial charge on any atom is 0.471 e. The molecule has 0 spiro atoms. The van der Waals surface area contributed by atoms with E-state index in [0.717, 1.165) is 0 Å². The van der Waals surface area contributed by atoms with Gasteiger partial charge in [0.2, 0.25) is 5.95 Å². The highest BCUT2D eigenvalue weighted by Crippen LogP contribution is 2.27. The van der Waals surface area contributed by atoms with E-state index in [1.807, 2.05) is 0 Å². The Morgan fingerprint density at radius 1 is 1.11 bits per heavy atom. The van der Waals surface area contributed by atoms with Gasteiger partial charge >= 0.3 is 12.1 Å². The highest BCUT2D eigenvalue weighted by atomic mass is 32.2.